The standard InChI is InChI=1S/C16H18N6O3/c1-9-7-21(8-10(2)25-9)15(23)11-6-13-19-14(12-4-3-5-24-12)20-22(13)16(17)18-11/h3-6,9-10H,7-8H2,1-2H3,(H2,17,18). The molecular formula is C16H18N6O3. The van der Waals surface area contributed by atoms with Crippen LogP contribution in [-0.2, 0) is 4.74 Å². The fourth-order valence-electron chi connectivity index (χ4n) is 3.04. The van der Waals surface area contributed by atoms with Crippen molar-refractivity contribution >= 4 is 17.5 Å². The zero-order valence-corrected chi connectivity index (χ0v) is 13.9. The molecule has 4 heterocycles. The molecule has 25 heavy (non-hydrogen) atoms. The van der Waals surface area contributed by atoms with E-state index in [9.17, 15) is 4.79 Å². The fraction of sp³-hybridized carbons (Fsp3) is 0.375. The fourth-order valence-corrected chi connectivity index (χ4v) is 3.04. The SMILES string of the molecule is CC1CN(C(=O)c2cc3nc(-c4ccco4)nn3c(N)n2)CC(C)O1. The number of carbonyl (C=O) groups is 1. The summed E-state index contributed by atoms with van der Waals surface area (Å²) in [7, 11) is 0. The Kier molecular flexibility index (Phi) is 3.65. The highest BCUT2D eigenvalue weighted by atomic mass is 16.5. The summed E-state index contributed by atoms with van der Waals surface area (Å²) >= 11 is 0. The van der Waals surface area contributed by atoms with Gasteiger partial charge in [-0.3, -0.25) is 4.79 Å². The van der Waals surface area contributed by atoms with Crippen LogP contribution in [0, 0.1) is 0 Å². The van der Waals surface area contributed by atoms with E-state index in [1.807, 2.05) is 13.8 Å². The molecule has 9 nitrogen and oxygen atoms in total. The lowest BCUT2D eigenvalue weighted by Gasteiger charge is -2.35. The van der Waals surface area contributed by atoms with Gasteiger partial charge in [0.15, 0.2) is 11.4 Å². The third kappa shape index (κ3) is 2.82. The van der Waals surface area contributed by atoms with Crippen LogP contribution in [0.4, 0.5) is 5.95 Å². The number of morpholine rings is 1. The maximum atomic E-state index is 12.8. The molecule has 9 heteroatoms. The van der Waals surface area contributed by atoms with Crippen molar-refractivity contribution in [2.24, 2.45) is 0 Å². The molecule has 1 aliphatic heterocycles. The molecule has 3 aromatic heterocycles. The van der Waals surface area contributed by atoms with Crippen LogP contribution in [0.25, 0.3) is 17.2 Å². The number of nitrogen functional groups attached to an aromatic ring is 1. The summed E-state index contributed by atoms with van der Waals surface area (Å²) in [4.78, 5) is 23.1. The molecule has 2 unspecified atom stereocenters. The van der Waals surface area contributed by atoms with E-state index in [1.54, 1.807) is 29.4 Å². The van der Waals surface area contributed by atoms with Crippen LogP contribution in [0.5, 0.6) is 0 Å². The van der Waals surface area contributed by atoms with Crippen molar-refractivity contribution in [2.45, 2.75) is 26.1 Å². The van der Waals surface area contributed by atoms with Crippen LogP contribution < -0.4 is 5.73 Å². The van der Waals surface area contributed by atoms with Crippen LogP contribution in [0.15, 0.2) is 28.9 Å². The lowest BCUT2D eigenvalue weighted by Crippen LogP contribution is -2.48. The predicted molar refractivity (Wildman–Crippen MR) is 88.8 cm³/mol. The number of nitrogens with zero attached hydrogens (tertiary/aromatic N) is 5. The van der Waals surface area contributed by atoms with Gasteiger partial charge in [-0.05, 0) is 26.0 Å². The zero-order chi connectivity index (χ0) is 17.6. The minimum Gasteiger partial charge on any atom is -0.461 e. The molecule has 1 amide bonds. The van der Waals surface area contributed by atoms with Gasteiger partial charge in [0, 0.05) is 19.2 Å². The second kappa shape index (κ2) is 5.85. The number of aromatic nitrogens is 4. The summed E-state index contributed by atoms with van der Waals surface area (Å²) in [6, 6.07) is 5.09. The van der Waals surface area contributed by atoms with Crippen LogP contribution in [0.2, 0.25) is 0 Å². The number of furan rings is 1. The van der Waals surface area contributed by atoms with Gasteiger partial charge in [0.05, 0.1) is 18.5 Å². The first-order valence-corrected chi connectivity index (χ1v) is 8.03. The van der Waals surface area contributed by atoms with Crippen LogP contribution in [0.3, 0.4) is 0 Å². The Morgan fingerprint density at radius 2 is 2.04 bits per heavy atom. The number of carbonyl (C=O) groups excluding carboxylic acids is 1. The van der Waals surface area contributed by atoms with Gasteiger partial charge < -0.3 is 19.8 Å². The maximum absolute atomic E-state index is 12.8. The maximum Gasteiger partial charge on any atom is 0.272 e. The molecule has 0 aromatic carbocycles. The van der Waals surface area contributed by atoms with E-state index < -0.39 is 0 Å². The molecule has 1 fully saturated rings. The van der Waals surface area contributed by atoms with E-state index in [-0.39, 0.29) is 29.8 Å². The summed E-state index contributed by atoms with van der Waals surface area (Å²) in [5.41, 5.74) is 6.65. The average Bonchev–Trinajstić information content (AvgIpc) is 3.22. The van der Waals surface area contributed by atoms with Gasteiger partial charge in [-0.25, -0.2) is 9.97 Å². The highest BCUT2D eigenvalue weighted by Gasteiger charge is 2.28. The van der Waals surface area contributed by atoms with Crippen LogP contribution in [0.1, 0.15) is 24.3 Å². The first kappa shape index (κ1) is 15.6. The molecular weight excluding hydrogens is 324 g/mol. The molecule has 0 bridgehead atoms. The van der Waals surface area contributed by atoms with Gasteiger partial charge in [-0.2, -0.15) is 4.52 Å². The Hall–Kier alpha value is -2.94. The van der Waals surface area contributed by atoms with Gasteiger partial charge in [0.25, 0.3) is 5.91 Å². The third-order valence-electron chi connectivity index (χ3n) is 4.02. The Morgan fingerprint density at radius 1 is 1.28 bits per heavy atom. The van der Waals surface area contributed by atoms with Gasteiger partial charge >= 0.3 is 0 Å². The monoisotopic (exact) mass is 342 g/mol. The van der Waals surface area contributed by atoms with E-state index in [0.29, 0.717) is 30.3 Å². The van der Waals surface area contributed by atoms with E-state index in [1.165, 1.54) is 4.52 Å². The smallest absolute Gasteiger partial charge is 0.272 e. The average molecular weight is 342 g/mol. The number of amides is 1. The number of fused-ring (bicyclic) bond motifs is 1. The van der Waals surface area contributed by atoms with E-state index >= 15 is 0 Å². The van der Waals surface area contributed by atoms with Gasteiger partial charge in [-0.1, -0.05) is 0 Å². The number of hydrogen-bond acceptors (Lipinski definition) is 7. The third-order valence-corrected chi connectivity index (χ3v) is 4.02. The van der Waals surface area contributed by atoms with Gasteiger partial charge in [0.1, 0.15) is 5.69 Å². The van der Waals surface area contributed by atoms with Crippen molar-refractivity contribution < 1.29 is 13.9 Å². The molecule has 2 atom stereocenters. The molecule has 130 valence electrons. The summed E-state index contributed by atoms with van der Waals surface area (Å²) < 4.78 is 12.4. The minimum absolute atomic E-state index is 0.0209. The van der Waals surface area contributed by atoms with Crippen molar-refractivity contribution in [1.82, 2.24) is 24.5 Å². The summed E-state index contributed by atoms with van der Waals surface area (Å²) in [5.74, 6) is 0.808. The molecule has 3 aromatic rings. The highest BCUT2D eigenvalue weighted by Crippen LogP contribution is 2.19. The number of ether oxygens (including phenoxy) is 1. The van der Waals surface area contributed by atoms with Crippen molar-refractivity contribution in [3.05, 3.63) is 30.2 Å². The number of anilines is 1. The second-order valence-corrected chi connectivity index (χ2v) is 6.15. The van der Waals surface area contributed by atoms with E-state index in [4.69, 9.17) is 14.9 Å². The van der Waals surface area contributed by atoms with Gasteiger partial charge in [0.2, 0.25) is 11.8 Å². The molecule has 0 radical (unpaired) electrons. The largest absolute Gasteiger partial charge is 0.461 e. The predicted octanol–water partition coefficient (Wildman–Crippen LogP) is 1.22. The Morgan fingerprint density at radius 3 is 2.72 bits per heavy atom. The Balaban J connectivity index is 1.69. The second-order valence-electron chi connectivity index (χ2n) is 6.15. The number of nitrogens with two attached hydrogens (primary N) is 1. The quantitative estimate of drug-likeness (QED) is 0.745. The minimum atomic E-state index is -0.196. The first-order valence-electron chi connectivity index (χ1n) is 8.03. The first-order chi connectivity index (χ1) is 12.0. The summed E-state index contributed by atoms with van der Waals surface area (Å²) in [5, 5.41) is 4.27. The summed E-state index contributed by atoms with van der Waals surface area (Å²) in [6.07, 6.45) is 1.50. The molecule has 1 aliphatic rings. The van der Waals surface area contributed by atoms with Crippen molar-refractivity contribution in [2.75, 3.05) is 18.8 Å². The van der Waals surface area contributed by atoms with Crippen LogP contribution in [-0.4, -0.2) is 55.7 Å². The van der Waals surface area contributed by atoms with Crippen molar-refractivity contribution in [3.8, 4) is 11.6 Å². The van der Waals surface area contributed by atoms with E-state index in [2.05, 4.69) is 15.1 Å². The topological polar surface area (TPSA) is 112 Å². The lowest BCUT2D eigenvalue weighted by molar-refractivity contribution is -0.0587. The van der Waals surface area contributed by atoms with E-state index in [0.717, 1.165) is 0 Å². The van der Waals surface area contributed by atoms with Crippen molar-refractivity contribution in [3.63, 3.8) is 0 Å². The molecule has 0 spiro atoms. The Bertz CT molecular complexity index is 909. The lowest BCUT2D eigenvalue weighted by atomic mass is 10.2. The molecule has 0 saturated carbocycles. The molecule has 1 saturated heterocycles. The molecule has 2 N–H and O–H groups in total. The molecule has 4 rings (SSSR count). The number of rotatable bonds is 2. The normalized spacial score (nSPS) is 21.0. The Labute approximate surface area is 143 Å². The van der Waals surface area contributed by atoms with Gasteiger partial charge in [-0.15, -0.1) is 5.10 Å². The highest BCUT2D eigenvalue weighted by molar-refractivity contribution is 5.93. The number of hydrogen-bond donors (Lipinski definition) is 1. The van der Waals surface area contributed by atoms with Crippen molar-refractivity contribution in [1.29, 1.82) is 0 Å². The zero-order valence-electron chi connectivity index (χ0n) is 13.9. The van der Waals surface area contributed by atoms with Crippen LogP contribution >= 0.6 is 0 Å². The molecule has 0 aliphatic carbocycles. The summed E-state index contributed by atoms with van der Waals surface area (Å²) in [6.45, 7) is 4.91.